The lowest BCUT2D eigenvalue weighted by atomic mass is 10.1. The number of amides is 1. The van der Waals surface area contributed by atoms with E-state index >= 15 is 0 Å². The van der Waals surface area contributed by atoms with E-state index in [1.807, 2.05) is 6.92 Å². The number of hydrogen-bond acceptors (Lipinski definition) is 3. The minimum atomic E-state index is -0.174. The highest BCUT2D eigenvalue weighted by Gasteiger charge is 2.18. The van der Waals surface area contributed by atoms with Gasteiger partial charge in [-0.3, -0.25) is 4.79 Å². The molecule has 1 aromatic rings. The number of hydrogen-bond donors (Lipinski definition) is 2. The summed E-state index contributed by atoms with van der Waals surface area (Å²) in [5, 5.41) is 11.9. The van der Waals surface area contributed by atoms with Gasteiger partial charge in [0.15, 0.2) is 0 Å². The van der Waals surface area contributed by atoms with Gasteiger partial charge in [0.1, 0.15) is 5.84 Å². The molecule has 0 bridgehead atoms. The second-order valence-electron chi connectivity index (χ2n) is 4.07. The minimum absolute atomic E-state index is 0.0910. The van der Waals surface area contributed by atoms with Crippen molar-refractivity contribution in [2.45, 2.75) is 19.4 Å². The molecule has 0 aromatic heterocycles. The van der Waals surface area contributed by atoms with Gasteiger partial charge in [-0.25, -0.2) is 0 Å². The molecule has 0 spiro atoms. The molecular formula is C12H16ClN3O2. The molecule has 0 aliphatic rings. The van der Waals surface area contributed by atoms with Gasteiger partial charge in [0, 0.05) is 30.1 Å². The third-order valence-electron chi connectivity index (χ3n) is 2.69. The lowest BCUT2D eigenvalue weighted by Gasteiger charge is -2.24. The predicted molar refractivity (Wildman–Crippen MR) is 71.0 cm³/mol. The summed E-state index contributed by atoms with van der Waals surface area (Å²) in [6.45, 7) is 1.82. The van der Waals surface area contributed by atoms with Crippen LogP contribution in [0.15, 0.2) is 29.4 Å². The highest BCUT2D eigenvalue weighted by molar-refractivity contribution is 6.30. The van der Waals surface area contributed by atoms with E-state index in [9.17, 15) is 4.79 Å². The van der Waals surface area contributed by atoms with Gasteiger partial charge in [0.2, 0.25) is 0 Å². The first-order chi connectivity index (χ1) is 8.45. The van der Waals surface area contributed by atoms with E-state index in [-0.39, 0.29) is 17.8 Å². The van der Waals surface area contributed by atoms with Gasteiger partial charge < -0.3 is 15.8 Å². The maximum Gasteiger partial charge on any atom is 0.253 e. The van der Waals surface area contributed by atoms with E-state index in [0.29, 0.717) is 17.0 Å². The Hall–Kier alpha value is -1.75. The molecule has 0 fully saturated rings. The van der Waals surface area contributed by atoms with Gasteiger partial charge in [-0.15, -0.1) is 0 Å². The van der Waals surface area contributed by atoms with Gasteiger partial charge in [0.05, 0.1) is 0 Å². The fourth-order valence-corrected chi connectivity index (χ4v) is 1.70. The van der Waals surface area contributed by atoms with Gasteiger partial charge in [-0.05, 0) is 25.1 Å². The van der Waals surface area contributed by atoms with Crippen LogP contribution in [0.4, 0.5) is 0 Å². The number of nitrogens with zero attached hydrogens (tertiary/aromatic N) is 2. The second kappa shape index (κ2) is 6.26. The Balaban J connectivity index is 2.78. The average Bonchev–Trinajstić information content (AvgIpc) is 2.36. The van der Waals surface area contributed by atoms with Gasteiger partial charge in [0.25, 0.3) is 5.91 Å². The Morgan fingerprint density at radius 2 is 2.28 bits per heavy atom. The average molecular weight is 270 g/mol. The highest BCUT2D eigenvalue weighted by Crippen LogP contribution is 2.14. The van der Waals surface area contributed by atoms with E-state index in [1.165, 1.54) is 4.90 Å². The van der Waals surface area contributed by atoms with Crippen molar-refractivity contribution >= 4 is 23.3 Å². The number of rotatable bonds is 4. The third-order valence-corrected chi connectivity index (χ3v) is 2.92. The SMILES string of the molecule is CC(C/C(N)=N/O)N(C)C(=O)c1cccc(Cl)c1. The highest BCUT2D eigenvalue weighted by atomic mass is 35.5. The van der Waals surface area contributed by atoms with E-state index in [1.54, 1.807) is 31.3 Å². The van der Waals surface area contributed by atoms with Crippen LogP contribution in [0.2, 0.25) is 5.02 Å². The van der Waals surface area contributed by atoms with Crippen molar-refractivity contribution in [1.29, 1.82) is 0 Å². The van der Waals surface area contributed by atoms with Gasteiger partial charge in [-0.2, -0.15) is 0 Å². The Labute approximate surface area is 111 Å². The molecule has 0 heterocycles. The number of benzene rings is 1. The summed E-state index contributed by atoms with van der Waals surface area (Å²) >= 11 is 5.84. The van der Waals surface area contributed by atoms with E-state index < -0.39 is 0 Å². The maximum absolute atomic E-state index is 12.1. The number of nitrogens with two attached hydrogens (primary N) is 1. The normalized spacial score (nSPS) is 13.2. The van der Waals surface area contributed by atoms with E-state index in [4.69, 9.17) is 22.5 Å². The first-order valence-corrected chi connectivity index (χ1v) is 5.82. The summed E-state index contributed by atoms with van der Waals surface area (Å²) in [7, 11) is 1.67. The Kier molecular flexibility index (Phi) is 4.97. The van der Waals surface area contributed by atoms with Crippen LogP contribution >= 0.6 is 11.6 Å². The number of oxime groups is 1. The topological polar surface area (TPSA) is 78.9 Å². The summed E-state index contributed by atoms with van der Waals surface area (Å²) < 4.78 is 0. The fraction of sp³-hybridized carbons (Fsp3) is 0.333. The van der Waals surface area contributed by atoms with Crippen molar-refractivity contribution in [3.63, 3.8) is 0 Å². The van der Waals surface area contributed by atoms with Crippen LogP contribution in [0.5, 0.6) is 0 Å². The molecule has 0 aliphatic heterocycles. The number of carbonyl (C=O) groups excluding carboxylic acids is 1. The third kappa shape index (κ3) is 3.63. The Morgan fingerprint density at radius 3 is 2.83 bits per heavy atom. The molecule has 6 heteroatoms. The summed E-state index contributed by atoms with van der Waals surface area (Å²) in [4.78, 5) is 13.7. The van der Waals surface area contributed by atoms with Crippen molar-refractivity contribution in [1.82, 2.24) is 4.90 Å². The van der Waals surface area contributed by atoms with Crippen molar-refractivity contribution in [2.24, 2.45) is 10.9 Å². The molecule has 0 radical (unpaired) electrons. The molecular weight excluding hydrogens is 254 g/mol. The van der Waals surface area contributed by atoms with Crippen LogP contribution in [0, 0.1) is 0 Å². The van der Waals surface area contributed by atoms with Crippen LogP contribution in [0.25, 0.3) is 0 Å². The monoisotopic (exact) mass is 269 g/mol. The van der Waals surface area contributed by atoms with Crippen molar-refractivity contribution in [2.75, 3.05) is 7.05 Å². The largest absolute Gasteiger partial charge is 0.409 e. The minimum Gasteiger partial charge on any atom is -0.409 e. The Bertz CT molecular complexity index is 462. The summed E-state index contributed by atoms with van der Waals surface area (Å²) in [6, 6.07) is 6.56. The van der Waals surface area contributed by atoms with E-state index in [0.717, 1.165) is 0 Å². The zero-order valence-electron chi connectivity index (χ0n) is 10.3. The zero-order valence-corrected chi connectivity index (χ0v) is 11.1. The van der Waals surface area contributed by atoms with Crippen molar-refractivity contribution < 1.29 is 10.0 Å². The summed E-state index contributed by atoms with van der Waals surface area (Å²) in [5.74, 6) is -0.0658. The van der Waals surface area contributed by atoms with Gasteiger partial charge in [-0.1, -0.05) is 22.8 Å². The molecule has 3 N–H and O–H groups in total. The quantitative estimate of drug-likeness (QED) is 0.379. The predicted octanol–water partition coefficient (Wildman–Crippen LogP) is 1.94. The summed E-state index contributed by atoms with van der Waals surface area (Å²) in [6.07, 6.45) is 0.305. The molecule has 0 saturated carbocycles. The molecule has 5 nitrogen and oxygen atoms in total. The summed E-state index contributed by atoms with van der Waals surface area (Å²) in [5.41, 5.74) is 5.93. The van der Waals surface area contributed by atoms with Crippen LogP contribution in [0.3, 0.4) is 0 Å². The molecule has 0 aliphatic carbocycles. The lowest BCUT2D eigenvalue weighted by molar-refractivity contribution is 0.0747. The van der Waals surface area contributed by atoms with E-state index in [2.05, 4.69) is 5.16 Å². The van der Waals surface area contributed by atoms with Crippen LogP contribution in [0.1, 0.15) is 23.7 Å². The zero-order chi connectivity index (χ0) is 13.7. The molecule has 1 atom stereocenters. The maximum atomic E-state index is 12.1. The van der Waals surface area contributed by atoms with Crippen LogP contribution in [-0.2, 0) is 0 Å². The number of halogens is 1. The molecule has 98 valence electrons. The second-order valence-corrected chi connectivity index (χ2v) is 4.51. The van der Waals surface area contributed by atoms with Gasteiger partial charge >= 0.3 is 0 Å². The van der Waals surface area contributed by atoms with Crippen molar-refractivity contribution in [3.05, 3.63) is 34.9 Å². The molecule has 1 unspecified atom stereocenters. The fourth-order valence-electron chi connectivity index (χ4n) is 1.51. The molecule has 1 amide bonds. The first-order valence-electron chi connectivity index (χ1n) is 5.44. The Morgan fingerprint density at radius 1 is 1.61 bits per heavy atom. The standard InChI is InChI=1S/C12H16ClN3O2/c1-8(6-11(14)15-18)16(2)12(17)9-4-3-5-10(13)7-9/h3-5,7-8,18H,6H2,1-2H3,(H2,14,15). The smallest absolute Gasteiger partial charge is 0.253 e. The molecule has 0 saturated heterocycles. The molecule has 1 rings (SSSR count). The molecule has 1 aromatic carbocycles. The van der Waals surface area contributed by atoms with Crippen molar-refractivity contribution in [3.8, 4) is 0 Å². The van der Waals surface area contributed by atoms with Crippen LogP contribution in [-0.4, -0.2) is 34.9 Å². The number of carbonyl (C=O) groups is 1. The first kappa shape index (κ1) is 14.3. The molecule has 18 heavy (non-hydrogen) atoms. The lowest BCUT2D eigenvalue weighted by Crippen LogP contribution is -2.37. The number of amidine groups is 1. The van der Waals surface area contributed by atoms with Crippen LogP contribution < -0.4 is 5.73 Å².